The zero-order valence-corrected chi connectivity index (χ0v) is 12.8. The van der Waals surface area contributed by atoms with Gasteiger partial charge in [-0.25, -0.2) is 4.98 Å². The number of methoxy groups -OCH3 is 1. The Labute approximate surface area is 136 Å². The van der Waals surface area contributed by atoms with E-state index < -0.39 is 5.91 Å². The Balaban J connectivity index is 2.08. The van der Waals surface area contributed by atoms with Gasteiger partial charge in [-0.15, -0.1) is 0 Å². The normalized spacial score (nSPS) is 15.9. The number of pyridine rings is 1. The minimum atomic E-state index is -0.417. The van der Waals surface area contributed by atoms with Gasteiger partial charge in [-0.05, 0) is 30.4 Å². The molecule has 0 fully saturated rings. The predicted octanol–water partition coefficient (Wildman–Crippen LogP) is 1.76. The van der Waals surface area contributed by atoms with E-state index in [0.29, 0.717) is 39.2 Å². The highest BCUT2D eigenvalue weighted by Gasteiger charge is 2.39. The number of aromatic nitrogens is 2. The Kier molecular flexibility index (Phi) is 2.37. The Bertz CT molecular complexity index is 1050. The third-order valence-corrected chi connectivity index (χ3v) is 4.97. The van der Waals surface area contributed by atoms with Crippen LogP contribution in [-0.4, -0.2) is 33.8 Å². The minimum absolute atomic E-state index is 0.319. The number of rotatable bonds is 1. The highest BCUT2D eigenvalue weighted by atomic mass is 16.5. The van der Waals surface area contributed by atoms with E-state index in [9.17, 15) is 14.8 Å². The Morgan fingerprint density at radius 1 is 1.17 bits per heavy atom. The molecule has 7 heteroatoms. The number of hydrogen-bond acceptors (Lipinski definition) is 5. The van der Waals surface area contributed by atoms with E-state index in [-0.39, 0.29) is 5.91 Å². The molecule has 2 N–H and O–H groups in total. The van der Waals surface area contributed by atoms with Crippen LogP contribution < -0.4 is 10.1 Å². The number of ether oxygens (including phenoxy) is 1. The first-order chi connectivity index (χ1) is 11.6. The third kappa shape index (κ3) is 1.40. The molecule has 3 heterocycles. The fourth-order valence-corrected chi connectivity index (χ4v) is 4.03. The number of carbonyl (C=O) groups excluding carboxylic acids is 2. The van der Waals surface area contributed by atoms with Gasteiger partial charge in [0.05, 0.1) is 29.3 Å². The van der Waals surface area contributed by atoms with Crippen LogP contribution in [0.25, 0.3) is 22.3 Å². The Morgan fingerprint density at radius 2 is 1.92 bits per heavy atom. The standard InChI is InChI=1S/C17H13N3O4/c1-24-9-5-6-20(23)15-11(9)12-13-10(16(21)19-17(13)22)7-3-2-4-8(7)14(12)18-15/h5-6,23H,2-4H2,1H3,(H,19,21,22). The summed E-state index contributed by atoms with van der Waals surface area (Å²) in [5, 5.41) is 13.1. The molecule has 0 bridgehead atoms. The molecule has 120 valence electrons. The van der Waals surface area contributed by atoms with E-state index in [1.165, 1.54) is 13.3 Å². The summed E-state index contributed by atoms with van der Waals surface area (Å²) in [6.45, 7) is 0. The fourth-order valence-electron chi connectivity index (χ4n) is 4.03. The van der Waals surface area contributed by atoms with Crippen LogP contribution in [0.15, 0.2) is 12.3 Å². The molecule has 4 aliphatic rings. The summed E-state index contributed by atoms with van der Waals surface area (Å²) in [5.41, 5.74) is 3.94. The second kappa shape index (κ2) is 4.25. The summed E-state index contributed by atoms with van der Waals surface area (Å²) < 4.78 is 6.33. The lowest BCUT2D eigenvalue weighted by Crippen LogP contribution is -2.20. The highest BCUT2D eigenvalue weighted by molar-refractivity contribution is 6.29. The van der Waals surface area contributed by atoms with E-state index in [1.807, 2.05) is 0 Å². The molecule has 0 unspecified atom stereocenters. The van der Waals surface area contributed by atoms with Gasteiger partial charge in [-0.1, -0.05) is 0 Å². The molecule has 0 spiro atoms. The van der Waals surface area contributed by atoms with Gasteiger partial charge in [0.25, 0.3) is 11.8 Å². The quantitative estimate of drug-likeness (QED) is 0.526. The van der Waals surface area contributed by atoms with Crippen molar-refractivity contribution in [1.29, 1.82) is 0 Å². The smallest absolute Gasteiger partial charge is 0.259 e. The average molecular weight is 323 g/mol. The van der Waals surface area contributed by atoms with E-state index in [2.05, 4.69) is 10.3 Å². The monoisotopic (exact) mass is 323 g/mol. The lowest BCUT2D eigenvalue weighted by molar-refractivity contribution is 0.0880. The first-order valence-corrected chi connectivity index (χ1v) is 7.73. The van der Waals surface area contributed by atoms with Gasteiger partial charge in [0.15, 0.2) is 5.82 Å². The van der Waals surface area contributed by atoms with Crippen molar-refractivity contribution in [3.8, 4) is 17.1 Å². The fraction of sp³-hybridized carbons (Fsp3) is 0.235. The van der Waals surface area contributed by atoms with Crippen molar-refractivity contribution in [2.75, 3.05) is 7.11 Å². The number of nitrogens with one attached hydrogen (secondary N) is 1. The predicted molar refractivity (Wildman–Crippen MR) is 83.9 cm³/mol. The molecule has 0 aromatic heterocycles. The minimum Gasteiger partial charge on any atom is -0.496 e. The van der Waals surface area contributed by atoms with E-state index in [4.69, 9.17) is 4.74 Å². The highest BCUT2D eigenvalue weighted by Crippen LogP contribution is 2.46. The number of benzene rings is 1. The summed E-state index contributed by atoms with van der Waals surface area (Å²) in [7, 11) is 1.52. The number of nitrogens with zero attached hydrogens (tertiary/aromatic N) is 2. The SMILES string of the molecule is COc1ccn(O)c2nc3c4c(c5c(c3c1-2)C(=O)NC5=O)CCC4. The van der Waals surface area contributed by atoms with Gasteiger partial charge in [-0.2, -0.15) is 4.73 Å². The second-order valence-electron chi connectivity index (χ2n) is 6.11. The van der Waals surface area contributed by atoms with Crippen LogP contribution in [0.5, 0.6) is 5.75 Å². The molecule has 1 aromatic rings. The zero-order chi connectivity index (χ0) is 16.6. The van der Waals surface area contributed by atoms with E-state index in [1.54, 1.807) is 6.07 Å². The number of amides is 2. The van der Waals surface area contributed by atoms with Crippen LogP contribution in [0, 0.1) is 0 Å². The van der Waals surface area contributed by atoms with Crippen molar-refractivity contribution >= 4 is 22.7 Å². The van der Waals surface area contributed by atoms with Crippen molar-refractivity contribution < 1.29 is 19.5 Å². The maximum atomic E-state index is 12.4. The molecular weight excluding hydrogens is 310 g/mol. The van der Waals surface area contributed by atoms with Crippen molar-refractivity contribution in [3.63, 3.8) is 0 Å². The number of imide groups is 1. The van der Waals surface area contributed by atoms with Crippen molar-refractivity contribution in [3.05, 3.63) is 34.5 Å². The number of aryl methyl sites for hydroxylation is 1. The van der Waals surface area contributed by atoms with Gasteiger partial charge in [0.2, 0.25) is 0 Å². The summed E-state index contributed by atoms with van der Waals surface area (Å²) in [6.07, 6.45) is 3.92. The molecule has 0 radical (unpaired) electrons. The second-order valence-corrected chi connectivity index (χ2v) is 6.11. The largest absolute Gasteiger partial charge is 0.496 e. The molecule has 0 saturated heterocycles. The van der Waals surface area contributed by atoms with Gasteiger partial charge in [0.1, 0.15) is 5.75 Å². The number of hydrogen-bond donors (Lipinski definition) is 2. The van der Waals surface area contributed by atoms with Gasteiger partial charge in [0, 0.05) is 17.6 Å². The molecule has 2 amide bonds. The molecule has 0 saturated carbocycles. The maximum Gasteiger partial charge on any atom is 0.259 e. The van der Waals surface area contributed by atoms with E-state index in [0.717, 1.165) is 35.1 Å². The van der Waals surface area contributed by atoms with Crippen LogP contribution in [0.2, 0.25) is 0 Å². The van der Waals surface area contributed by atoms with Crippen molar-refractivity contribution in [2.24, 2.45) is 0 Å². The average Bonchev–Trinajstić information content (AvgIpc) is 3.23. The van der Waals surface area contributed by atoms with Gasteiger partial charge in [-0.3, -0.25) is 14.9 Å². The van der Waals surface area contributed by atoms with Gasteiger partial charge < -0.3 is 9.94 Å². The van der Waals surface area contributed by atoms with E-state index >= 15 is 0 Å². The summed E-state index contributed by atoms with van der Waals surface area (Å²) in [5.74, 6) is 0.0552. The maximum absolute atomic E-state index is 12.4. The first kappa shape index (κ1) is 13.4. The van der Waals surface area contributed by atoms with Crippen LogP contribution in [0.4, 0.5) is 0 Å². The van der Waals surface area contributed by atoms with Crippen LogP contribution in [-0.2, 0) is 12.8 Å². The number of fused-ring (bicyclic) bond motifs is 8. The summed E-state index contributed by atoms with van der Waals surface area (Å²) >= 11 is 0. The first-order valence-electron chi connectivity index (χ1n) is 7.73. The third-order valence-electron chi connectivity index (χ3n) is 4.97. The molecular formula is C17H13N3O4. The lowest BCUT2D eigenvalue weighted by Gasteiger charge is -2.11. The topological polar surface area (TPSA) is 93.4 Å². The van der Waals surface area contributed by atoms with Crippen LogP contribution in [0.1, 0.15) is 38.3 Å². The van der Waals surface area contributed by atoms with Gasteiger partial charge >= 0.3 is 0 Å². The molecule has 5 rings (SSSR count). The Hall–Kier alpha value is -3.09. The molecule has 1 aliphatic carbocycles. The van der Waals surface area contributed by atoms with Crippen LogP contribution in [0.3, 0.4) is 0 Å². The molecule has 1 aromatic carbocycles. The zero-order valence-electron chi connectivity index (χ0n) is 12.8. The van der Waals surface area contributed by atoms with Crippen LogP contribution >= 0.6 is 0 Å². The molecule has 7 nitrogen and oxygen atoms in total. The Morgan fingerprint density at radius 3 is 2.71 bits per heavy atom. The number of carbonyl (C=O) groups is 2. The molecule has 3 aliphatic heterocycles. The lowest BCUT2D eigenvalue weighted by atomic mass is 9.93. The molecule has 24 heavy (non-hydrogen) atoms. The van der Waals surface area contributed by atoms with Crippen molar-refractivity contribution in [2.45, 2.75) is 19.3 Å². The summed E-state index contributed by atoms with van der Waals surface area (Å²) in [4.78, 5) is 29.3. The molecule has 0 atom stereocenters. The summed E-state index contributed by atoms with van der Waals surface area (Å²) in [6, 6.07) is 1.61. The van der Waals surface area contributed by atoms with Crippen molar-refractivity contribution in [1.82, 2.24) is 15.0 Å².